The first-order valence-corrected chi connectivity index (χ1v) is 6.99. The van der Waals surface area contributed by atoms with Gasteiger partial charge in [-0.3, -0.25) is 4.79 Å². The van der Waals surface area contributed by atoms with Crippen LogP contribution in [0.15, 0.2) is 73.2 Å². The van der Waals surface area contributed by atoms with Crippen molar-refractivity contribution in [3.05, 3.63) is 84.0 Å². The van der Waals surface area contributed by atoms with Crippen LogP contribution in [0.1, 0.15) is 10.4 Å². The van der Waals surface area contributed by atoms with E-state index in [1.54, 1.807) is 18.3 Å². The molecular weight excluding hydrogens is 292 g/mol. The van der Waals surface area contributed by atoms with Crippen molar-refractivity contribution in [2.75, 3.05) is 10.6 Å². The molecule has 0 saturated heterocycles. The van der Waals surface area contributed by atoms with Crippen molar-refractivity contribution in [2.45, 2.75) is 0 Å². The molecule has 0 radical (unpaired) electrons. The second-order valence-corrected chi connectivity index (χ2v) is 4.82. The molecule has 0 bridgehead atoms. The minimum absolute atomic E-state index is 0.295. The molecule has 0 fully saturated rings. The van der Waals surface area contributed by atoms with Gasteiger partial charge in [0, 0.05) is 17.8 Å². The quantitative estimate of drug-likeness (QED) is 0.573. The zero-order chi connectivity index (χ0) is 16.1. The lowest BCUT2D eigenvalue weighted by atomic mass is 10.2. The van der Waals surface area contributed by atoms with E-state index in [1.165, 1.54) is 24.5 Å². The van der Waals surface area contributed by atoms with Crippen LogP contribution in [0, 0.1) is 5.21 Å². The van der Waals surface area contributed by atoms with Crippen molar-refractivity contribution < 1.29 is 9.52 Å². The first-order chi connectivity index (χ1) is 11.2. The second kappa shape index (κ2) is 6.57. The lowest BCUT2D eigenvalue weighted by Gasteiger charge is -2.07. The van der Waals surface area contributed by atoms with Gasteiger partial charge in [-0.2, -0.15) is 4.73 Å². The zero-order valence-corrected chi connectivity index (χ0v) is 12.1. The Kier molecular flexibility index (Phi) is 4.15. The van der Waals surface area contributed by atoms with Crippen molar-refractivity contribution in [1.82, 2.24) is 4.98 Å². The van der Waals surface area contributed by atoms with Gasteiger partial charge in [-0.15, -0.1) is 0 Å². The van der Waals surface area contributed by atoms with Crippen LogP contribution in [-0.4, -0.2) is 10.9 Å². The summed E-state index contributed by atoms with van der Waals surface area (Å²) in [4.78, 5) is 16.3. The van der Waals surface area contributed by atoms with Crippen molar-refractivity contribution in [2.24, 2.45) is 0 Å². The van der Waals surface area contributed by atoms with E-state index in [-0.39, 0.29) is 5.91 Å². The standard InChI is InChI=1S/C17H14N4O2/c22-17(13-8-10-21(23)11-9-13)20-15-6-7-16(18-12-15)19-14-4-2-1-3-5-14/h1-12H,(H,18,19)(H,20,22). The summed E-state index contributed by atoms with van der Waals surface area (Å²) in [6.07, 6.45) is 4.12. The van der Waals surface area contributed by atoms with E-state index < -0.39 is 0 Å². The molecule has 0 aliphatic heterocycles. The predicted molar refractivity (Wildman–Crippen MR) is 87.3 cm³/mol. The maximum atomic E-state index is 12.0. The molecule has 3 aromatic rings. The Bertz CT molecular complexity index is 787. The Hall–Kier alpha value is -3.41. The van der Waals surface area contributed by atoms with E-state index in [1.807, 2.05) is 30.3 Å². The van der Waals surface area contributed by atoms with Gasteiger partial charge in [-0.25, -0.2) is 4.98 Å². The smallest absolute Gasteiger partial charge is 0.256 e. The number of benzene rings is 1. The van der Waals surface area contributed by atoms with Crippen LogP contribution in [0.5, 0.6) is 0 Å². The largest absolute Gasteiger partial charge is 0.619 e. The molecule has 3 rings (SSSR count). The summed E-state index contributed by atoms with van der Waals surface area (Å²) in [7, 11) is 0. The number of hydrogen-bond acceptors (Lipinski definition) is 4. The highest BCUT2D eigenvalue weighted by atomic mass is 16.5. The molecular formula is C17H14N4O2. The van der Waals surface area contributed by atoms with E-state index >= 15 is 0 Å². The molecule has 114 valence electrons. The van der Waals surface area contributed by atoms with Gasteiger partial charge in [0.2, 0.25) is 0 Å². The highest BCUT2D eigenvalue weighted by molar-refractivity contribution is 6.04. The Balaban J connectivity index is 1.65. The monoisotopic (exact) mass is 306 g/mol. The fraction of sp³-hybridized carbons (Fsp3) is 0. The van der Waals surface area contributed by atoms with Gasteiger partial charge in [0.15, 0.2) is 12.4 Å². The molecule has 0 spiro atoms. The molecule has 1 aromatic carbocycles. The Morgan fingerprint density at radius 1 is 0.957 bits per heavy atom. The fourth-order valence-corrected chi connectivity index (χ4v) is 1.98. The normalized spacial score (nSPS) is 10.1. The summed E-state index contributed by atoms with van der Waals surface area (Å²) in [5, 5.41) is 16.8. The van der Waals surface area contributed by atoms with Crippen LogP contribution in [0.4, 0.5) is 17.2 Å². The number of nitrogens with zero attached hydrogens (tertiary/aromatic N) is 2. The van der Waals surface area contributed by atoms with Crippen molar-refractivity contribution >= 4 is 23.1 Å². The van der Waals surface area contributed by atoms with E-state index in [0.29, 0.717) is 21.8 Å². The minimum Gasteiger partial charge on any atom is -0.619 e. The molecule has 0 aliphatic carbocycles. The predicted octanol–water partition coefficient (Wildman–Crippen LogP) is 2.71. The first kappa shape index (κ1) is 14.5. The third-order valence-corrected chi connectivity index (χ3v) is 3.13. The summed E-state index contributed by atoms with van der Waals surface area (Å²) in [5.41, 5.74) is 1.92. The third kappa shape index (κ3) is 3.82. The summed E-state index contributed by atoms with van der Waals surface area (Å²) in [5.74, 6) is 0.387. The Labute approximate surface area is 133 Å². The van der Waals surface area contributed by atoms with Crippen LogP contribution >= 0.6 is 0 Å². The number of carbonyl (C=O) groups excluding carboxylic acids is 1. The van der Waals surface area contributed by atoms with Gasteiger partial charge in [-0.1, -0.05) is 18.2 Å². The average Bonchev–Trinajstić information content (AvgIpc) is 2.58. The molecule has 1 amide bonds. The molecule has 2 aromatic heterocycles. The first-order valence-electron chi connectivity index (χ1n) is 6.99. The molecule has 2 N–H and O–H groups in total. The maximum Gasteiger partial charge on any atom is 0.256 e. The molecule has 0 aliphatic rings. The second-order valence-electron chi connectivity index (χ2n) is 4.82. The van der Waals surface area contributed by atoms with Crippen LogP contribution in [0.25, 0.3) is 0 Å². The number of anilines is 3. The van der Waals surface area contributed by atoms with Crippen molar-refractivity contribution in [3.63, 3.8) is 0 Å². The molecule has 6 heteroatoms. The Morgan fingerprint density at radius 2 is 1.70 bits per heavy atom. The van der Waals surface area contributed by atoms with Gasteiger partial charge < -0.3 is 15.8 Å². The lowest BCUT2D eigenvalue weighted by Crippen LogP contribution is -2.25. The van der Waals surface area contributed by atoms with Gasteiger partial charge >= 0.3 is 0 Å². The summed E-state index contributed by atoms with van der Waals surface area (Å²) < 4.78 is 0.627. The number of amides is 1. The third-order valence-electron chi connectivity index (χ3n) is 3.13. The highest BCUT2D eigenvalue weighted by Gasteiger charge is 2.07. The number of nitrogens with one attached hydrogen (secondary N) is 2. The van der Waals surface area contributed by atoms with E-state index in [2.05, 4.69) is 15.6 Å². The topological polar surface area (TPSA) is 81.0 Å². The van der Waals surface area contributed by atoms with E-state index in [0.717, 1.165) is 5.69 Å². The van der Waals surface area contributed by atoms with Crippen LogP contribution in [0.2, 0.25) is 0 Å². The molecule has 0 unspecified atom stereocenters. The highest BCUT2D eigenvalue weighted by Crippen LogP contribution is 2.16. The SMILES string of the molecule is O=C(Nc1ccc(Nc2ccccc2)nc1)c1cc[n+]([O-])cc1. The number of pyridine rings is 2. The molecule has 0 saturated carbocycles. The van der Waals surface area contributed by atoms with Crippen LogP contribution in [0.3, 0.4) is 0 Å². The van der Waals surface area contributed by atoms with E-state index in [4.69, 9.17) is 0 Å². The Morgan fingerprint density at radius 3 is 2.35 bits per heavy atom. The fourth-order valence-electron chi connectivity index (χ4n) is 1.98. The van der Waals surface area contributed by atoms with E-state index in [9.17, 15) is 10.0 Å². The molecule has 0 atom stereocenters. The van der Waals surface area contributed by atoms with Crippen molar-refractivity contribution in [3.8, 4) is 0 Å². The maximum absolute atomic E-state index is 12.0. The minimum atomic E-state index is -0.295. The van der Waals surface area contributed by atoms with Gasteiger partial charge in [0.25, 0.3) is 5.91 Å². The van der Waals surface area contributed by atoms with Gasteiger partial charge in [0.1, 0.15) is 5.82 Å². The number of carbonyl (C=O) groups is 1. The van der Waals surface area contributed by atoms with Gasteiger partial charge in [-0.05, 0) is 24.3 Å². The average molecular weight is 306 g/mol. The molecule has 6 nitrogen and oxygen atoms in total. The van der Waals surface area contributed by atoms with Crippen molar-refractivity contribution in [1.29, 1.82) is 0 Å². The molecule has 23 heavy (non-hydrogen) atoms. The number of aromatic nitrogens is 2. The summed E-state index contributed by atoms with van der Waals surface area (Å²) >= 11 is 0. The number of rotatable bonds is 4. The van der Waals surface area contributed by atoms with Gasteiger partial charge in [0.05, 0.1) is 17.4 Å². The zero-order valence-electron chi connectivity index (χ0n) is 12.1. The lowest BCUT2D eigenvalue weighted by molar-refractivity contribution is -0.605. The van der Waals surface area contributed by atoms with Crippen LogP contribution < -0.4 is 15.4 Å². The summed E-state index contributed by atoms with van der Waals surface area (Å²) in [6.45, 7) is 0. The van der Waals surface area contributed by atoms with Crippen LogP contribution in [-0.2, 0) is 0 Å². The number of para-hydroxylation sites is 1. The summed E-state index contributed by atoms with van der Waals surface area (Å²) in [6, 6.07) is 16.1. The molecule has 2 heterocycles. The number of hydrogen-bond donors (Lipinski definition) is 2.